The topological polar surface area (TPSA) is 84.6 Å². The van der Waals surface area contributed by atoms with Gasteiger partial charge >= 0.3 is 12.1 Å². The fourth-order valence-electron chi connectivity index (χ4n) is 3.48. The van der Waals surface area contributed by atoms with Crippen LogP contribution in [0.25, 0.3) is 11.4 Å². The summed E-state index contributed by atoms with van der Waals surface area (Å²) in [5, 5.41) is 3.89. The molecule has 1 aromatic carbocycles. The molecule has 1 fully saturated rings. The minimum atomic E-state index is -4.39. The molecule has 0 atom stereocenters. The maximum Gasteiger partial charge on any atom is 0.416 e. The van der Waals surface area contributed by atoms with Crippen LogP contribution in [-0.2, 0) is 17.5 Å². The highest BCUT2D eigenvalue weighted by atomic mass is 19.4. The first-order valence-corrected chi connectivity index (χ1v) is 10.4. The molecule has 0 spiro atoms. The van der Waals surface area contributed by atoms with E-state index in [9.17, 15) is 18.0 Å². The van der Waals surface area contributed by atoms with Gasteiger partial charge in [0.1, 0.15) is 5.82 Å². The number of alkyl halides is 3. The number of halogens is 3. The van der Waals surface area contributed by atoms with Gasteiger partial charge in [0.2, 0.25) is 11.7 Å². The summed E-state index contributed by atoms with van der Waals surface area (Å²) in [6.45, 7) is 5.43. The quantitative estimate of drug-likeness (QED) is 0.515. The molecule has 2 aromatic heterocycles. The van der Waals surface area contributed by atoms with Crippen LogP contribution in [0.15, 0.2) is 47.1 Å². The Kier molecular flexibility index (Phi) is 6.59. The Labute approximate surface area is 188 Å². The Hall–Kier alpha value is -3.47. The van der Waals surface area contributed by atoms with Crippen LogP contribution < -0.4 is 4.90 Å². The van der Waals surface area contributed by atoms with E-state index in [1.807, 2.05) is 0 Å². The Morgan fingerprint density at radius 1 is 1.09 bits per heavy atom. The lowest BCUT2D eigenvalue weighted by Gasteiger charge is -2.34. The summed E-state index contributed by atoms with van der Waals surface area (Å²) >= 11 is 0. The van der Waals surface area contributed by atoms with Crippen molar-refractivity contribution in [1.82, 2.24) is 20.0 Å². The molecule has 0 saturated carbocycles. The number of benzene rings is 1. The molecule has 4 rings (SSSR count). The molecule has 3 heterocycles. The van der Waals surface area contributed by atoms with E-state index in [0.29, 0.717) is 30.2 Å². The van der Waals surface area contributed by atoms with Gasteiger partial charge in [0, 0.05) is 37.9 Å². The highest BCUT2D eigenvalue weighted by Gasteiger charge is 2.30. The van der Waals surface area contributed by atoms with Gasteiger partial charge in [0.25, 0.3) is 0 Å². The van der Waals surface area contributed by atoms with Crippen LogP contribution >= 0.6 is 0 Å². The van der Waals surface area contributed by atoms with Crippen LogP contribution in [-0.4, -0.2) is 58.8 Å². The van der Waals surface area contributed by atoms with Crippen LogP contribution in [0, 0.1) is 0 Å². The van der Waals surface area contributed by atoms with E-state index in [-0.39, 0.29) is 5.82 Å². The summed E-state index contributed by atoms with van der Waals surface area (Å²) in [5.41, 5.74) is 0.150. The SMILES string of the molecule is CCOC(=O)c1ccc(N2CCN(Cc3nc(-c4ccc(C(F)(F)F)cc4)no3)CC2)nc1. The van der Waals surface area contributed by atoms with Gasteiger partial charge in [0.15, 0.2) is 0 Å². The third-order valence-electron chi connectivity index (χ3n) is 5.25. The van der Waals surface area contributed by atoms with E-state index in [1.54, 1.807) is 19.1 Å². The fourth-order valence-corrected chi connectivity index (χ4v) is 3.48. The maximum atomic E-state index is 12.7. The highest BCUT2D eigenvalue weighted by Crippen LogP contribution is 2.30. The number of piperazine rings is 1. The van der Waals surface area contributed by atoms with Crippen molar-refractivity contribution in [2.75, 3.05) is 37.7 Å². The molecule has 0 aliphatic carbocycles. The van der Waals surface area contributed by atoms with Crippen molar-refractivity contribution in [1.29, 1.82) is 0 Å². The molecule has 1 aliphatic heterocycles. The molecule has 0 unspecified atom stereocenters. The molecule has 1 saturated heterocycles. The number of carbonyl (C=O) groups is 1. The number of aromatic nitrogens is 3. The molecule has 1 aliphatic rings. The Morgan fingerprint density at radius 2 is 1.82 bits per heavy atom. The smallest absolute Gasteiger partial charge is 0.416 e. The predicted molar refractivity (Wildman–Crippen MR) is 112 cm³/mol. The average Bonchev–Trinajstić information content (AvgIpc) is 3.28. The van der Waals surface area contributed by atoms with Crippen LogP contribution in [0.3, 0.4) is 0 Å². The van der Waals surface area contributed by atoms with Crippen LogP contribution in [0.5, 0.6) is 0 Å². The van der Waals surface area contributed by atoms with Gasteiger partial charge in [-0.15, -0.1) is 0 Å². The number of hydrogen-bond donors (Lipinski definition) is 0. The second kappa shape index (κ2) is 9.57. The fraction of sp³-hybridized carbons (Fsp3) is 0.364. The Morgan fingerprint density at radius 3 is 2.42 bits per heavy atom. The lowest BCUT2D eigenvalue weighted by molar-refractivity contribution is -0.137. The normalized spacial score (nSPS) is 15.0. The van der Waals surface area contributed by atoms with Gasteiger partial charge in [-0.25, -0.2) is 9.78 Å². The zero-order valence-electron chi connectivity index (χ0n) is 17.9. The van der Waals surface area contributed by atoms with E-state index in [2.05, 4.69) is 24.9 Å². The van der Waals surface area contributed by atoms with Crippen molar-refractivity contribution in [3.05, 3.63) is 59.6 Å². The summed E-state index contributed by atoms with van der Waals surface area (Å²) in [5.74, 6) is 1.04. The summed E-state index contributed by atoms with van der Waals surface area (Å²) in [6, 6.07) is 8.16. The zero-order chi connectivity index (χ0) is 23.4. The predicted octanol–water partition coefficient (Wildman–Crippen LogP) is 3.65. The number of hydrogen-bond acceptors (Lipinski definition) is 8. The van der Waals surface area contributed by atoms with Gasteiger partial charge < -0.3 is 14.2 Å². The minimum Gasteiger partial charge on any atom is -0.462 e. The molecule has 11 heteroatoms. The average molecular weight is 461 g/mol. The van der Waals surface area contributed by atoms with Crippen molar-refractivity contribution < 1.29 is 27.2 Å². The second-order valence-corrected chi connectivity index (χ2v) is 7.48. The van der Waals surface area contributed by atoms with Gasteiger partial charge in [0.05, 0.1) is 24.3 Å². The molecule has 3 aromatic rings. The molecule has 0 bridgehead atoms. The van der Waals surface area contributed by atoms with Crippen LogP contribution in [0.1, 0.15) is 28.7 Å². The van der Waals surface area contributed by atoms with E-state index < -0.39 is 17.7 Å². The molecule has 0 radical (unpaired) electrons. The van der Waals surface area contributed by atoms with E-state index in [0.717, 1.165) is 44.1 Å². The number of nitrogens with zero attached hydrogens (tertiary/aromatic N) is 5. The van der Waals surface area contributed by atoms with Gasteiger partial charge in [-0.2, -0.15) is 18.2 Å². The summed E-state index contributed by atoms with van der Waals surface area (Å²) in [4.78, 5) is 24.7. The van der Waals surface area contributed by atoms with E-state index >= 15 is 0 Å². The number of carbonyl (C=O) groups excluding carboxylic acids is 1. The number of ether oxygens (including phenoxy) is 1. The number of pyridine rings is 1. The largest absolute Gasteiger partial charge is 0.462 e. The molecule has 33 heavy (non-hydrogen) atoms. The van der Waals surface area contributed by atoms with Crippen molar-refractivity contribution >= 4 is 11.8 Å². The van der Waals surface area contributed by atoms with Crippen molar-refractivity contribution in [3.63, 3.8) is 0 Å². The molecule has 0 amide bonds. The molecule has 8 nitrogen and oxygen atoms in total. The van der Waals surface area contributed by atoms with E-state index in [1.165, 1.54) is 18.3 Å². The van der Waals surface area contributed by atoms with Crippen LogP contribution in [0.4, 0.5) is 19.0 Å². The molecule has 174 valence electrons. The Balaban J connectivity index is 1.31. The standard InChI is InChI=1S/C22H22F3N5O3/c1-2-32-21(31)16-5-8-18(26-13-16)30-11-9-29(10-12-30)14-19-27-20(28-33-19)15-3-6-17(7-4-15)22(23,24)25/h3-8,13H,2,9-12,14H2,1H3. The molecule has 0 N–H and O–H groups in total. The zero-order valence-corrected chi connectivity index (χ0v) is 17.9. The van der Waals surface area contributed by atoms with Gasteiger partial charge in [-0.1, -0.05) is 17.3 Å². The minimum absolute atomic E-state index is 0.253. The number of rotatable bonds is 6. The van der Waals surface area contributed by atoms with E-state index in [4.69, 9.17) is 9.26 Å². The van der Waals surface area contributed by atoms with Gasteiger partial charge in [-0.05, 0) is 31.2 Å². The number of anilines is 1. The van der Waals surface area contributed by atoms with Crippen molar-refractivity contribution in [2.45, 2.75) is 19.6 Å². The first-order valence-electron chi connectivity index (χ1n) is 10.4. The number of esters is 1. The lowest BCUT2D eigenvalue weighted by atomic mass is 10.1. The molecular weight excluding hydrogens is 439 g/mol. The monoisotopic (exact) mass is 461 g/mol. The summed E-state index contributed by atoms with van der Waals surface area (Å²) in [6.07, 6.45) is -2.87. The maximum absolute atomic E-state index is 12.7. The summed E-state index contributed by atoms with van der Waals surface area (Å²) in [7, 11) is 0. The second-order valence-electron chi connectivity index (χ2n) is 7.48. The first-order chi connectivity index (χ1) is 15.8. The highest BCUT2D eigenvalue weighted by molar-refractivity contribution is 5.89. The van der Waals surface area contributed by atoms with Gasteiger partial charge in [-0.3, -0.25) is 4.90 Å². The third-order valence-corrected chi connectivity index (χ3v) is 5.25. The van der Waals surface area contributed by atoms with Crippen LogP contribution in [0.2, 0.25) is 0 Å². The van der Waals surface area contributed by atoms with Crippen molar-refractivity contribution in [3.8, 4) is 11.4 Å². The lowest BCUT2D eigenvalue weighted by Crippen LogP contribution is -2.46. The summed E-state index contributed by atoms with van der Waals surface area (Å²) < 4.78 is 48.4. The van der Waals surface area contributed by atoms with Crippen molar-refractivity contribution in [2.24, 2.45) is 0 Å². The third kappa shape index (κ3) is 5.48. The first kappa shape index (κ1) is 22.7. The Bertz CT molecular complexity index is 1080. The molecular formula is C22H22F3N5O3.